The number of rotatable bonds is 4. The van der Waals surface area contributed by atoms with Gasteiger partial charge in [-0.2, -0.15) is 0 Å². The first kappa shape index (κ1) is 15.9. The first-order valence-electron chi connectivity index (χ1n) is 6.50. The van der Waals surface area contributed by atoms with Crippen molar-refractivity contribution in [3.63, 3.8) is 0 Å². The normalized spacial score (nSPS) is 10.5. The highest BCUT2D eigenvalue weighted by Gasteiger charge is 2.14. The Morgan fingerprint density at radius 2 is 2.05 bits per heavy atom. The van der Waals surface area contributed by atoms with E-state index >= 15 is 0 Å². The number of carbonyl (C=O) groups is 1. The van der Waals surface area contributed by atoms with E-state index in [1.165, 1.54) is 22.1 Å². The molecule has 0 radical (unpaired) electrons. The topological polar surface area (TPSA) is 94.2 Å². The molecule has 1 amide bonds. The SMILES string of the molecule is Cc1sc(NC(=O)Cn2ccc(=O)c([N+](=O)[O-])c2)c(C)c1C. The Morgan fingerprint density at radius 3 is 2.59 bits per heavy atom. The van der Waals surface area contributed by atoms with E-state index in [-0.39, 0.29) is 12.5 Å². The van der Waals surface area contributed by atoms with Gasteiger partial charge in [0, 0.05) is 17.1 Å². The minimum absolute atomic E-state index is 0.101. The van der Waals surface area contributed by atoms with Crippen LogP contribution in [0.5, 0.6) is 0 Å². The van der Waals surface area contributed by atoms with Gasteiger partial charge in [-0.3, -0.25) is 19.7 Å². The van der Waals surface area contributed by atoms with Crippen molar-refractivity contribution in [1.82, 2.24) is 4.57 Å². The molecule has 2 rings (SSSR count). The summed E-state index contributed by atoms with van der Waals surface area (Å²) in [5.74, 6) is -0.303. The Kier molecular flexibility index (Phi) is 4.41. The molecule has 8 heteroatoms. The Balaban J connectivity index is 2.15. The number of nitrogens with one attached hydrogen (secondary N) is 1. The van der Waals surface area contributed by atoms with Gasteiger partial charge in [0.2, 0.25) is 5.91 Å². The van der Waals surface area contributed by atoms with Gasteiger partial charge in [0.15, 0.2) is 0 Å². The van der Waals surface area contributed by atoms with Crippen molar-refractivity contribution in [2.75, 3.05) is 5.32 Å². The molecule has 2 aromatic heterocycles. The number of amides is 1. The Labute approximate surface area is 130 Å². The number of aromatic nitrogens is 1. The van der Waals surface area contributed by atoms with Crippen LogP contribution < -0.4 is 10.7 Å². The number of thiophene rings is 1. The van der Waals surface area contributed by atoms with Crippen LogP contribution in [0, 0.1) is 30.9 Å². The molecule has 0 aliphatic heterocycles. The minimum Gasteiger partial charge on any atom is -0.339 e. The van der Waals surface area contributed by atoms with Gasteiger partial charge >= 0.3 is 5.69 Å². The van der Waals surface area contributed by atoms with E-state index in [0.29, 0.717) is 0 Å². The van der Waals surface area contributed by atoms with Crippen LogP contribution in [-0.4, -0.2) is 15.4 Å². The number of hydrogen-bond donors (Lipinski definition) is 1. The van der Waals surface area contributed by atoms with Crippen LogP contribution in [0.4, 0.5) is 10.7 Å². The zero-order valence-electron chi connectivity index (χ0n) is 12.4. The van der Waals surface area contributed by atoms with E-state index in [2.05, 4.69) is 5.32 Å². The number of nitro groups is 1. The zero-order valence-corrected chi connectivity index (χ0v) is 13.2. The minimum atomic E-state index is -0.757. The van der Waals surface area contributed by atoms with Gasteiger partial charge in [-0.25, -0.2) is 0 Å². The molecule has 7 nitrogen and oxygen atoms in total. The average molecular weight is 321 g/mol. The van der Waals surface area contributed by atoms with E-state index in [0.717, 1.165) is 33.3 Å². The number of aryl methyl sites for hydroxylation is 1. The maximum atomic E-state index is 12.0. The van der Waals surface area contributed by atoms with Gasteiger partial charge in [0.05, 0.1) is 16.1 Å². The van der Waals surface area contributed by atoms with Gasteiger partial charge in [-0.1, -0.05) is 0 Å². The van der Waals surface area contributed by atoms with Crippen LogP contribution in [0.25, 0.3) is 0 Å². The molecule has 0 aromatic carbocycles. The third-order valence-electron chi connectivity index (χ3n) is 3.42. The number of carbonyl (C=O) groups excluding carboxylic acids is 1. The fourth-order valence-electron chi connectivity index (χ4n) is 1.94. The average Bonchev–Trinajstić information content (AvgIpc) is 2.68. The van der Waals surface area contributed by atoms with Crippen molar-refractivity contribution < 1.29 is 9.72 Å². The third-order valence-corrected chi connectivity index (χ3v) is 4.64. The summed E-state index contributed by atoms with van der Waals surface area (Å²) in [5, 5.41) is 14.3. The Morgan fingerprint density at radius 1 is 1.36 bits per heavy atom. The lowest BCUT2D eigenvalue weighted by molar-refractivity contribution is -0.386. The number of nitrogens with zero attached hydrogens (tertiary/aromatic N) is 2. The van der Waals surface area contributed by atoms with Gasteiger partial charge in [0.25, 0.3) is 5.43 Å². The molecular formula is C14H15N3O4S. The monoisotopic (exact) mass is 321 g/mol. The molecule has 2 aromatic rings. The van der Waals surface area contributed by atoms with Gasteiger partial charge in [-0.15, -0.1) is 11.3 Å². The van der Waals surface area contributed by atoms with Crippen molar-refractivity contribution in [2.45, 2.75) is 27.3 Å². The maximum Gasteiger partial charge on any atom is 0.332 e. The van der Waals surface area contributed by atoms with Gasteiger partial charge in [-0.05, 0) is 31.9 Å². The van der Waals surface area contributed by atoms with Crippen LogP contribution >= 0.6 is 11.3 Å². The molecule has 2 heterocycles. The lowest BCUT2D eigenvalue weighted by atomic mass is 10.2. The molecular weight excluding hydrogens is 306 g/mol. The van der Waals surface area contributed by atoms with Gasteiger partial charge in [0.1, 0.15) is 6.54 Å². The van der Waals surface area contributed by atoms with Crippen LogP contribution in [0.15, 0.2) is 23.3 Å². The molecule has 0 atom stereocenters. The molecule has 0 fully saturated rings. The highest BCUT2D eigenvalue weighted by Crippen LogP contribution is 2.31. The third kappa shape index (κ3) is 3.22. The summed E-state index contributed by atoms with van der Waals surface area (Å²) in [6, 6.07) is 1.08. The summed E-state index contributed by atoms with van der Waals surface area (Å²) >= 11 is 1.49. The zero-order chi connectivity index (χ0) is 16.4. The Hall–Kier alpha value is -2.48. The molecule has 0 saturated heterocycles. The number of anilines is 1. The molecule has 0 unspecified atom stereocenters. The van der Waals surface area contributed by atoms with E-state index < -0.39 is 16.0 Å². The predicted octanol–water partition coefficient (Wildman–Crippen LogP) is 2.38. The summed E-state index contributed by atoms with van der Waals surface area (Å²) in [7, 11) is 0. The molecule has 22 heavy (non-hydrogen) atoms. The number of pyridine rings is 1. The van der Waals surface area contributed by atoms with E-state index in [1.54, 1.807) is 0 Å². The van der Waals surface area contributed by atoms with E-state index in [4.69, 9.17) is 0 Å². The molecule has 0 saturated carbocycles. The van der Waals surface area contributed by atoms with Crippen molar-refractivity contribution >= 4 is 27.9 Å². The largest absolute Gasteiger partial charge is 0.339 e. The second kappa shape index (κ2) is 6.10. The molecule has 0 spiro atoms. The smallest absolute Gasteiger partial charge is 0.332 e. The fraction of sp³-hybridized carbons (Fsp3) is 0.286. The molecule has 116 valence electrons. The van der Waals surface area contributed by atoms with Crippen molar-refractivity contribution in [2.24, 2.45) is 0 Å². The van der Waals surface area contributed by atoms with Gasteiger partial charge < -0.3 is 9.88 Å². The lowest BCUT2D eigenvalue weighted by Gasteiger charge is -2.07. The lowest BCUT2D eigenvalue weighted by Crippen LogP contribution is -2.20. The quantitative estimate of drug-likeness (QED) is 0.691. The molecule has 1 N–H and O–H groups in total. The van der Waals surface area contributed by atoms with Crippen LogP contribution in [0.1, 0.15) is 16.0 Å². The summed E-state index contributed by atoms with van der Waals surface area (Å²) in [6.45, 7) is 5.80. The standard InChI is InChI=1S/C14H15N3O4S/c1-8-9(2)14(22-10(8)3)15-13(19)7-16-5-4-12(18)11(6-16)17(20)21/h4-6H,7H2,1-3H3,(H,15,19). The summed E-state index contributed by atoms with van der Waals surface area (Å²) in [4.78, 5) is 34.5. The van der Waals surface area contributed by atoms with E-state index in [9.17, 15) is 19.7 Å². The maximum absolute atomic E-state index is 12.0. The van der Waals surface area contributed by atoms with Crippen LogP contribution in [0.2, 0.25) is 0 Å². The molecule has 0 bridgehead atoms. The first-order valence-corrected chi connectivity index (χ1v) is 7.32. The Bertz CT molecular complexity index is 807. The van der Waals surface area contributed by atoms with Crippen LogP contribution in [0.3, 0.4) is 0 Å². The summed E-state index contributed by atoms with van der Waals surface area (Å²) < 4.78 is 1.32. The second-order valence-electron chi connectivity index (χ2n) is 4.91. The summed E-state index contributed by atoms with van der Waals surface area (Å²) in [5.41, 5.74) is 0.928. The fourth-order valence-corrected chi connectivity index (χ4v) is 3.02. The summed E-state index contributed by atoms with van der Waals surface area (Å²) in [6.07, 6.45) is 2.42. The number of hydrogen-bond acceptors (Lipinski definition) is 5. The highest BCUT2D eigenvalue weighted by atomic mass is 32.1. The second-order valence-corrected chi connectivity index (χ2v) is 6.13. The predicted molar refractivity (Wildman–Crippen MR) is 84.5 cm³/mol. The highest BCUT2D eigenvalue weighted by molar-refractivity contribution is 7.16. The van der Waals surface area contributed by atoms with Crippen LogP contribution in [-0.2, 0) is 11.3 Å². The van der Waals surface area contributed by atoms with Crippen molar-refractivity contribution in [3.05, 3.63) is 54.8 Å². The molecule has 0 aliphatic carbocycles. The first-order chi connectivity index (χ1) is 10.3. The van der Waals surface area contributed by atoms with Crippen molar-refractivity contribution in [1.29, 1.82) is 0 Å². The van der Waals surface area contributed by atoms with Crippen molar-refractivity contribution in [3.8, 4) is 0 Å². The molecule has 0 aliphatic rings. The van der Waals surface area contributed by atoms with E-state index in [1.807, 2.05) is 20.8 Å².